The van der Waals surface area contributed by atoms with Crippen LogP contribution in [-0.2, 0) is 4.74 Å². The minimum absolute atomic E-state index is 0.369. The van der Waals surface area contributed by atoms with Crippen LogP contribution in [0.2, 0.25) is 0 Å². The van der Waals surface area contributed by atoms with Crippen molar-refractivity contribution in [3.63, 3.8) is 0 Å². The van der Waals surface area contributed by atoms with Gasteiger partial charge in [-0.1, -0.05) is 38.6 Å². The van der Waals surface area contributed by atoms with Gasteiger partial charge in [-0.25, -0.2) is 4.79 Å². The van der Waals surface area contributed by atoms with E-state index >= 15 is 0 Å². The highest BCUT2D eigenvalue weighted by molar-refractivity contribution is 5.92. The molecule has 88 valence electrons. The van der Waals surface area contributed by atoms with Crippen LogP contribution >= 0.6 is 0 Å². The molecule has 0 aromatic heterocycles. The van der Waals surface area contributed by atoms with E-state index in [4.69, 9.17) is 4.74 Å². The highest BCUT2D eigenvalue weighted by Gasteiger charge is 2.10. The maximum Gasteiger partial charge on any atom is 0.341 e. The van der Waals surface area contributed by atoms with Crippen LogP contribution in [0.25, 0.3) is 0 Å². The van der Waals surface area contributed by atoms with Gasteiger partial charge in [0.2, 0.25) is 0 Å². The van der Waals surface area contributed by atoms with Crippen molar-refractivity contribution in [2.24, 2.45) is 0 Å². The summed E-state index contributed by atoms with van der Waals surface area (Å²) in [6, 6.07) is 6.93. The number of methoxy groups -OCH3 is 1. The first-order chi connectivity index (χ1) is 7.79. The second-order valence-corrected chi connectivity index (χ2v) is 2.59. The smallest absolute Gasteiger partial charge is 0.341 e. The summed E-state index contributed by atoms with van der Waals surface area (Å²) < 4.78 is 9.90. The molecule has 0 N–H and O–H groups in total. The third kappa shape index (κ3) is 4.17. The van der Waals surface area contributed by atoms with Crippen LogP contribution in [0.3, 0.4) is 0 Å². The highest BCUT2D eigenvalue weighted by Crippen LogP contribution is 2.18. The van der Waals surface area contributed by atoms with Gasteiger partial charge < -0.3 is 9.47 Å². The van der Waals surface area contributed by atoms with Gasteiger partial charge in [0.1, 0.15) is 17.9 Å². The minimum atomic E-state index is -0.398. The van der Waals surface area contributed by atoms with Crippen molar-refractivity contribution in [2.75, 3.05) is 13.7 Å². The zero-order valence-corrected chi connectivity index (χ0v) is 10.0. The number of ether oxygens (including phenoxy) is 2. The number of rotatable bonds is 4. The number of esters is 1. The number of benzene rings is 1. The maximum absolute atomic E-state index is 11.3. The molecule has 0 saturated heterocycles. The van der Waals surface area contributed by atoms with Gasteiger partial charge >= 0.3 is 5.97 Å². The monoisotopic (exact) mass is 222 g/mol. The van der Waals surface area contributed by atoms with E-state index in [0.717, 1.165) is 0 Å². The van der Waals surface area contributed by atoms with Crippen LogP contribution in [0.5, 0.6) is 5.75 Å². The standard InChI is InChI=1S/C11H12O3.C2H6/c1-3-8-14-10-7-5-4-6-9(10)11(12)13-2;1-2/h3-7H,1,8H2,2H3;1-2H3. The number of hydrogen-bond acceptors (Lipinski definition) is 3. The quantitative estimate of drug-likeness (QED) is 0.580. The van der Waals surface area contributed by atoms with Crippen molar-refractivity contribution in [2.45, 2.75) is 13.8 Å². The molecule has 0 heterocycles. The molecule has 3 nitrogen and oxygen atoms in total. The molecular formula is C13H18O3. The zero-order chi connectivity index (χ0) is 12.4. The second kappa shape index (κ2) is 8.53. The lowest BCUT2D eigenvalue weighted by Gasteiger charge is -2.07. The molecule has 0 fully saturated rings. The summed E-state index contributed by atoms with van der Waals surface area (Å²) in [5, 5.41) is 0. The average Bonchev–Trinajstić information content (AvgIpc) is 2.38. The molecule has 1 aromatic carbocycles. The van der Waals surface area contributed by atoms with Crippen molar-refractivity contribution < 1.29 is 14.3 Å². The molecule has 0 aliphatic heterocycles. The van der Waals surface area contributed by atoms with Crippen LogP contribution in [0.1, 0.15) is 24.2 Å². The van der Waals surface area contributed by atoms with Crippen LogP contribution in [0.4, 0.5) is 0 Å². The van der Waals surface area contributed by atoms with Crippen molar-refractivity contribution in [3.8, 4) is 5.75 Å². The Bertz CT molecular complexity index is 332. The van der Waals surface area contributed by atoms with Crippen molar-refractivity contribution >= 4 is 5.97 Å². The molecule has 0 radical (unpaired) electrons. The van der Waals surface area contributed by atoms with Gasteiger partial charge in [0.05, 0.1) is 7.11 Å². The first-order valence-electron chi connectivity index (χ1n) is 5.20. The number of hydrogen-bond donors (Lipinski definition) is 0. The van der Waals surface area contributed by atoms with E-state index in [1.807, 2.05) is 13.8 Å². The summed E-state index contributed by atoms with van der Waals surface area (Å²) in [7, 11) is 1.34. The SMILES string of the molecule is C=CCOc1ccccc1C(=O)OC.CC. The summed E-state index contributed by atoms with van der Waals surface area (Å²) in [5.74, 6) is 0.115. The van der Waals surface area contributed by atoms with E-state index < -0.39 is 5.97 Å². The largest absolute Gasteiger partial charge is 0.489 e. The minimum Gasteiger partial charge on any atom is -0.489 e. The van der Waals surface area contributed by atoms with Gasteiger partial charge in [-0.05, 0) is 12.1 Å². The summed E-state index contributed by atoms with van der Waals surface area (Å²) in [6.07, 6.45) is 1.62. The second-order valence-electron chi connectivity index (χ2n) is 2.59. The van der Waals surface area contributed by atoms with E-state index in [1.54, 1.807) is 30.3 Å². The van der Waals surface area contributed by atoms with E-state index in [2.05, 4.69) is 11.3 Å². The molecule has 16 heavy (non-hydrogen) atoms. The first kappa shape index (κ1) is 14.2. The van der Waals surface area contributed by atoms with E-state index in [-0.39, 0.29) is 0 Å². The highest BCUT2D eigenvalue weighted by atomic mass is 16.5. The molecule has 0 saturated carbocycles. The molecule has 0 aliphatic rings. The van der Waals surface area contributed by atoms with Crippen LogP contribution in [-0.4, -0.2) is 19.7 Å². The van der Waals surface area contributed by atoms with E-state index in [1.165, 1.54) is 7.11 Å². The van der Waals surface area contributed by atoms with Gasteiger partial charge in [0, 0.05) is 0 Å². The summed E-state index contributed by atoms with van der Waals surface area (Å²) in [5.41, 5.74) is 0.428. The molecule has 0 amide bonds. The van der Waals surface area contributed by atoms with Crippen LogP contribution in [0.15, 0.2) is 36.9 Å². The Kier molecular flexibility index (Phi) is 7.59. The lowest BCUT2D eigenvalue weighted by molar-refractivity contribution is 0.0596. The Morgan fingerprint density at radius 1 is 1.38 bits per heavy atom. The molecule has 0 bridgehead atoms. The average molecular weight is 222 g/mol. The molecular weight excluding hydrogens is 204 g/mol. The molecule has 0 spiro atoms. The number of carbonyl (C=O) groups is 1. The van der Waals surface area contributed by atoms with Crippen LogP contribution < -0.4 is 4.74 Å². The van der Waals surface area contributed by atoms with Gasteiger partial charge in [0.15, 0.2) is 0 Å². The van der Waals surface area contributed by atoms with Crippen molar-refractivity contribution in [3.05, 3.63) is 42.5 Å². The Labute approximate surface area is 96.7 Å². The summed E-state index contributed by atoms with van der Waals surface area (Å²) >= 11 is 0. The molecule has 1 rings (SSSR count). The third-order valence-electron chi connectivity index (χ3n) is 1.65. The Morgan fingerprint density at radius 3 is 2.56 bits per heavy atom. The molecule has 0 atom stereocenters. The van der Waals surface area contributed by atoms with E-state index in [0.29, 0.717) is 17.9 Å². The number of para-hydroxylation sites is 1. The maximum atomic E-state index is 11.3. The van der Waals surface area contributed by atoms with E-state index in [9.17, 15) is 4.79 Å². The third-order valence-corrected chi connectivity index (χ3v) is 1.65. The molecule has 1 aromatic rings. The van der Waals surface area contributed by atoms with Crippen molar-refractivity contribution in [1.29, 1.82) is 0 Å². The Morgan fingerprint density at radius 2 is 2.00 bits per heavy atom. The fourth-order valence-corrected chi connectivity index (χ4v) is 1.02. The fraction of sp³-hybridized carbons (Fsp3) is 0.308. The normalized spacial score (nSPS) is 8.44. The molecule has 0 unspecified atom stereocenters. The molecule has 0 aliphatic carbocycles. The first-order valence-corrected chi connectivity index (χ1v) is 5.20. The Hall–Kier alpha value is -1.77. The number of carbonyl (C=O) groups excluding carboxylic acids is 1. The van der Waals surface area contributed by atoms with Gasteiger partial charge in [-0.2, -0.15) is 0 Å². The summed E-state index contributed by atoms with van der Waals surface area (Å²) in [4.78, 5) is 11.3. The zero-order valence-electron chi connectivity index (χ0n) is 10.0. The summed E-state index contributed by atoms with van der Waals surface area (Å²) in [6.45, 7) is 7.90. The molecule has 3 heteroatoms. The van der Waals surface area contributed by atoms with Gasteiger partial charge in [0.25, 0.3) is 0 Å². The fourth-order valence-electron chi connectivity index (χ4n) is 1.02. The van der Waals surface area contributed by atoms with Crippen LogP contribution in [0, 0.1) is 0 Å². The van der Waals surface area contributed by atoms with Gasteiger partial charge in [-0.3, -0.25) is 0 Å². The topological polar surface area (TPSA) is 35.5 Å². The Balaban J connectivity index is 0.00000106. The lowest BCUT2D eigenvalue weighted by Crippen LogP contribution is -2.05. The predicted molar refractivity (Wildman–Crippen MR) is 64.8 cm³/mol. The van der Waals surface area contributed by atoms with Crippen molar-refractivity contribution in [1.82, 2.24) is 0 Å². The van der Waals surface area contributed by atoms with Gasteiger partial charge in [-0.15, -0.1) is 0 Å². The predicted octanol–water partition coefficient (Wildman–Crippen LogP) is 3.06. The lowest BCUT2D eigenvalue weighted by atomic mass is 10.2.